The average Bonchev–Trinajstić information content (AvgIpc) is 2.89. The van der Waals surface area contributed by atoms with Crippen LogP contribution in [0.5, 0.6) is 5.75 Å². The van der Waals surface area contributed by atoms with E-state index in [1.165, 1.54) is 7.11 Å². The minimum Gasteiger partial charge on any atom is -0.496 e. The Morgan fingerprint density at radius 3 is 1.79 bits per heavy atom. The molecule has 198 valence electrons. The number of esters is 1. The van der Waals surface area contributed by atoms with Gasteiger partial charge in [0.15, 0.2) is 0 Å². The van der Waals surface area contributed by atoms with Crippen LogP contribution in [0, 0.1) is 0 Å². The van der Waals surface area contributed by atoms with Crippen LogP contribution in [-0.2, 0) is 20.7 Å². The molecule has 3 aromatic rings. The van der Waals surface area contributed by atoms with E-state index in [1.54, 1.807) is 52.7 Å². The van der Waals surface area contributed by atoms with Gasteiger partial charge in [-0.25, -0.2) is 9.59 Å². The third-order valence-corrected chi connectivity index (χ3v) is 5.35. The van der Waals surface area contributed by atoms with Gasteiger partial charge < -0.3 is 19.5 Å². The number of rotatable bonds is 9. The van der Waals surface area contributed by atoms with Crippen LogP contribution < -0.4 is 10.1 Å². The Morgan fingerprint density at radius 2 is 1.37 bits per heavy atom. The summed E-state index contributed by atoms with van der Waals surface area (Å²) in [5, 5.41) is 2.64. The topological polar surface area (TPSA) is 99.6 Å². The third kappa shape index (κ3) is 8.58. The molecule has 1 N–H and O–H groups in total. The standard InChI is InChI=1S/C30H33N3O5/c1-30(2,3)38-29(35)33-26(28(34)37-5)20-23-18-24(8-6-21-10-14-31-15-11-21)27(36-4)25(19-23)9-7-22-12-16-32-17-13-22/h6-19,26H,20H2,1-5H3,(H,33,35)/b8-6+,9-7+. The highest BCUT2D eigenvalue weighted by Gasteiger charge is 2.26. The first-order valence-corrected chi connectivity index (χ1v) is 12.1. The van der Waals surface area contributed by atoms with Crippen molar-refractivity contribution < 1.29 is 23.8 Å². The van der Waals surface area contributed by atoms with E-state index in [1.807, 2.05) is 60.7 Å². The normalized spacial score (nSPS) is 12.3. The van der Waals surface area contributed by atoms with Crippen LogP contribution in [0.2, 0.25) is 0 Å². The second-order valence-electron chi connectivity index (χ2n) is 9.46. The lowest BCUT2D eigenvalue weighted by molar-refractivity contribution is -0.143. The number of nitrogens with one attached hydrogen (secondary N) is 1. The van der Waals surface area contributed by atoms with Gasteiger partial charge in [0.05, 0.1) is 14.2 Å². The Balaban J connectivity index is 2.01. The van der Waals surface area contributed by atoms with Gasteiger partial charge in [-0.2, -0.15) is 0 Å². The smallest absolute Gasteiger partial charge is 0.408 e. The van der Waals surface area contributed by atoms with Crippen molar-refractivity contribution in [3.8, 4) is 5.75 Å². The summed E-state index contributed by atoms with van der Waals surface area (Å²) in [4.78, 5) is 33.1. The molecule has 2 aromatic heterocycles. The van der Waals surface area contributed by atoms with Gasteiger partial charge in [0.1, 0.15) is 17.4 Å². The van der Waals surface area contributed by atoms with E-state index in [9.17, 15) is 9.59 Å². The molecule has 0 saturated carbocycles. The lowest BCUT2D eigenvalue weighted by Gasteiger charge is -2.23. The highest BCUT2D eigenvalue weighted by Crippen LogP contribution is 2.30. The number of hydrogen-bond acceptors (Lipinski definition) is 7. The molecule has 0 bridgehead atoms. The highest BCUT2D eigenvalue weighted by atomic mass is 16.6. The molecule has 1 aromatic carbocycles. The van der Waals surface area contributed by atoms with Gasteiger partial charge in [-0.05, 0) is 73.9 Å². The van der Waals surface area contributed by atoms with Crippen LogP contribution in [0.3, 0.4) is 0 Å². The largest absolute Gasteiger partial charge is 0.496 e. The predicted octanol–water partition coefficient (Wildman–Crippen LogP) is 5.43. The molecule has 0 aliphatic heterocycles. The van der Waals surface area contributed by atoms with Crippen molar-refractivity contribution >= 4 is 36.4 Å². The molecule has 0 aliphatic carbocycles. The quantitative estimate of drug-likeness (QED) is 0.379. The number of carbonyl (C=O) groups excluding carboxylic acids is 2. The maximum Gasteiger partial charge on any atom is 0.408 e. The zero-order chi connectivity index (χ0) is 27.5. The Kier molecular flexibility index (Phi) is 9.76. The molecule has 8 nitrogen and oxygen atoms in total. The number of amides is 1. The first-order chi connectivity index (χ1) is 18.2. The van der Waals surface area contributed by atoms with Gasteiger partial charge in [0, 0.05) is 42.3 Å². The maximum absolute atomic E-state index is 12.6. The van der Waals surface area contributed by atoms with E-state index in [4.69, 9.17) is 14.2 Å². The van der Waals surface area contributed by atoms with Crippen molar-refractivity contribution in [2.24, 2.45) is 0 Å². The van der Waals surface area contributed by atoms with Gasteiger partial charge in [-0.3, -0.25) is 9.97 Å². The molecule has 1 atom stereocenters. The molecule has 0 spiro atoms. The van der Waals surface area contributed by atoms with Crippen molar-refractivity contribution in [3.63, 3.8) is 0 Å². The SMILES string of the molecule is COC(=O)C(Cc1cc(/C=C/c2ccncc2)c(OC)c(/C=C/c2ccncc2)c1)NC(=O)OC(C)(C)C. The molecule has 0 radical (unpaired) electrons. The summed E-state index contributed by atoms with van der Waals surface area (Å²) < 4.78 is 16.1. The monoisotopic (exact) mass is 515 g/mol. The minimum atomic E-state index is -0.947. The molecule has 38 heavy (non-hydrogen) atoms. The summed E-state index contributed by atoms with van der Waals surface area (Å²) in [6.45, 7) is 5.27. The lowest BCUT2D eigenvalue weighted by atomic mass is 9.97. The van der Waals surface area contributed by atoms with Crippen LogP contribution in [0.15, 0.2) is 61.2 Å². The van der Waals surface area contributed by atoms with Gasteiger partial charge in [0.2, 0.25) is 0 Å². The molecule has 1 amide bonds. The van der Waals surface area contributed by atoms with Gasteiger partial charge in [-0.15, -0.1) is 0 Å². The van der Waals surface area contributed by atoms with E-state index in [0.29, 0.717) is 5.75 Å². The zero-order valence-electron chi connectivity index (χ0n) is 22.3. The molecule has 1 unspecified atom stereocenters. The number of methoxy groups -OCH3 is 2. The van der Waals surface area contributed by atoms with E-state index in [0.717, 1.165) is 27.8 Å². The van der Waals surface area contributed by atoms with E-state index in [2.05, 4.69) is 15.3 Å². The number of hydrogen-bond donors (Lipinski definition) is 1. The third-order valence-electron chi connectivity index (χ3n) is 5.35. The fourth-order valence-corrected chi connectivity index (χ4v) is 3.68. The molecular weight excluding hydrogens is 482 g/mol. The van der Waals surface area contributed by atoms with Crippen molar-refractivity contribution in [1.29, 1.82) is 0 Å². The van der Waals surface area contributed by atoms with E-state index >= 15 is 0 Å². The average molecular weight is 516 g/mol. The van der Waals surface area contributed by atoms with Crippen molar-refractivity contribution in [3.05, 3.63) is 89.0 Å². The van der Waals surface area contributed by atoms with Crippen LogP contribution in [-0.4, -0.2) is 47.9 Å². The zero-order valence-corrected chi connectivity index (χ0v) is 22.3. The number of benzene rings is 1. The second kappa shape index (κ2) is 13.2. The molecule has 0 fully saturated rings. The number of alkyl carbamates (subject to hydrolysis) is 1. The number of carbonyl (C=O) groups is 2. The summed E-state index contributed by atoms with van der Waals surface area (Å²) in [6, 6.07) is 10.5. The van der Waals surface area contributed by atoms with Gasteiger partial charge >= 0.3 is 12.1 Å². The predicted molar refractivity (Wildman–Crippen MR) is 148 cm³/mol. The summed E-state index contributed by atoms with van der Waals surface area (Å²) in [5.74, 6) is 0.0912. The van der Waals surface area contributed by atoms with E-state index in [-0.39, 0.29) is 6.42 Å². The number of ether oxygens (including phenoxy) is 3. The number of nitrogens with zero attached hydrogens (tertiary/aromatic N) is 2. The summed E-state index contributed by atoms with van der Waals surface area (Å²) in [7, 11) is 2.90. The summed E-state index contributed by atoms with van der Waals surface area (Å²) in [6.07, 6.45) is 14.2. The number of aromatic nitrogens is 2. The molecular formula is C30H33N3O5. The first kappa shape index (κ1) is 28.1. The fourth-order valence-electron chi connectivity index (χ4n) is 3.68. The Bertz CT molecular complexity index is 1210. The summed E-state index contributed by atoms with van der Waals surface area (Å²) in [5.41, 5.74) is 3.64. The lowest BCUT2D eigenvalue weighted by Crippen LogP contribution is -2.45. The van der Waals surface area contributed by atoms with Crippen molar-refractivity contribution in [2.45, 2.75) is 38.8 Å². The minimum absolute atomic E-state index is 0.183. The van der Waals surface area contributed by atoms with Crippen molar-refractivity contribution in [2.75, 3.05) is 14.2 Å². The molecule has 0 saturated heterocycles. The first-order valence-electron chi connectivity index (χ1n) is 12.1. The van der Waals surface area contributed by atoms with Crippen LogP contribution in [0.4, 0.5) is 4.79 Å². The molecule has 0 aliphatic rings. The number of pyridine rings is 2. The van der Waals surface area contributed by atoms with Gasteiger partial charge in [0.25, 0.3) is 0 Å². The fraction of sp³-hybridized carbons (Fsp3) is 0.267. The molecule has 8 heteroatoms. The Hall–Kier alpha value is -4.46. The van der Waals surface area contributed by atoms with Crippen LogP contribution >= 0.6 is 0 Å². The van der Waals surface area contributed by atoms with Gasteiger partial charge in [-0.1, -0.05) is 24.3 Å². The molecule has 2 heterocycles. The van der Waals surface area contributed by atoms with Crippen molar-refractivity contribution in [1.82, 2.24) is 15.3 Å². The van der Waals surface area contributed by atoms with E-state index < -0.39 is 23.7 Å². The Labute approximate surface area is 223 Å². The summed E-state index contributed by atoms with van der Waals surface area (Å²) >= 11 is 0. The van der Waals surface area contributed by atoms with Crippen LogP contribution in [0.25, 0.3) is 24.3 Å². The highest BCUT2D eigenvalue weighted by molar-refractivity contribution is 5.83. The second-order valence-corrected chi connectivity index (χ2v) is 9.46. The van der Waals surface area contributed by atoms with Crippen LogP contribution in [0.1, 0.15) is 48.6 Å². The Morgan fingerprint density at radius 1 is 0.868 bits per heavy atom. The molecule has 3 rings (SSSR count). The maximum atomic E-state index is 12.6.